The average Bonchev–Trinajstić information content (AvgIpc) is 1.85. The molecule has 3 heteroatoms. The predicted octanol–water partition coefficient (Wildman–Crippen LogP) is 3.61. The Kier molecular flexibility index (Phi) is 3.29. The van der Waals surface area contributed by atoms with E-state index in [2.05, 4.69) is 34.3 Å². The molecule has 0 saturated heterocycles. The summed E-state index contributed by atoms with van der Waals surface area (Å²) in [4.78, 5) is 0. The van der Waals surface area contributed by atoms with Crippen LogP contribution in [0.2, 0.25) is 0 Å². The highest BCUT2D eigenvalue weighted by atomic mass is 79.9. The molecule has 0 nitrogen and oxygen atoms in total. The highest BCUT2D eigenvalue weighted by molar-refractivity contribution is 9.43. The van der Waals surface area contributed by atoms with Crippen molar-refractivity contribution >= 4 is 32.0 Å². The minimum absolute atomic E-state index is 1.00. The van der Waals surface area contributed by atoms with Crippen LogP contribution in [0.4, 0.5) is 0 Å². The molecule has 0 aromatic heterocycles. The van der Waals surface area contributed by atoms with E-state index in [1.165, 1.54) is 5.56 Å². The fourth-order valence-corrected chi connectivity index (χ4v) is 3.09. The van der Waals surface area contributed by atoms with Crippen molar-refractivity contribution in [3.63, 3.8) is 0 Å². The van der Waals surface area contributed by atoms with Crippen LogP contribution in [0.25, 0.3) is 0 Å². The Balaban J connectivity index is 2.74. The molecule has 1 atom stereocenters. The van der Waals surface area contributed by atoms with Gasteiger partial charge in [0.2, 0.25) is 0 Å². The largest absolute Gasteiger partial charge is 0.0853 e. The summed E-state index contributed by atoms with van der Waals surface area (Å²) in [5.74, 6) is 0. The normalized spacial score (nSPS) is 15.8. The van der Waals surface area contributed by atoms with Gasteiger partial charge in [0.25, 0.3) is 0 Å². The van der Waals surface area contributed by atoms with Crippen molar-refractivity contribution in [2.45, 2.75) is 6.16 Å². The van der Waals surface area contributed by atoms with E-state index in [-0.39, 0.29) is 0 Å². The monoisotopic (exact) mass is 248 g/mol. The Morgan fingerprint density at radius 3 is 2.36 bits per heavy atom. The van der Waals surface area contributed by atoms with Crippen LogP contribution in [0.5, 0.6) is 0 Å². The standard InChI is InChI=1S/C8H10BrPS/c1-10(9,11)7-8-5-3-2-4-6-8/h2-6H,7H2,1H3. The minimum Gasteiger partial charge on any atom is -0.0853 e. The van der Waals surface area contributed by atoms with Gasteiger partial charge < -0.3 is 0 Å². The van der Waals surface area contributed by atoms with Gasteiger partial charge >= 0.3 is 0 Å². The minimum atomic E-state index is -1.24. The molecular formula is C8H10BrPS. The van der Waals surface area contributed by atoms with E-state index < -0.39 is 4.74 Å². The first-order chi connectivity index (χ1) is 5.08. The summed E-state index contributed by atoms with van der Waals surface area (Å²) in [5.41, 5.74) is 1.33. The number of hydrogen-bond acceptors (Lipinski definition) is 1. The zero-order valence-electron chi connectivity index (χ0n) is 6.33. The summed E-state index contributed by atoms with van der Waals surface area (Å²) in [7, 11) is 0. The predicted molar refractivity (Wildman–Crippen MR) is 59.3 cm³/mol. The van der Waals surface area contributed by atoms with Gasteiger partial charge in [-0.2, -0.15) is 0 Å². The highest BCUT2D eigenvalue weighted by Gasteiger charge is 2.04. The second-order valence-corrected chi connectivity index (χ2v) is 13.4. The third-order valence-corrected chi connectivity index (χ3v) is 3.38. The van der Waals surface area contributed by atoms with Crippen molar-refractivity contribution in [2.24, 2.45) is 0 Å². The molecule has 1 rings (SSSR count). The summed E-state index contributed by atoms with van der Waals surface area (Å²) >= 11 is 8.84. The van der Waals surface area contributed by atoms with E-state index in [0.717, 1.165) is 6.16 Å². The van der Waals surface area contributed by atoms with Gasteiger partial charge in [-0.05, 0) is 27.7 Å². The second kappa shape index (κ2) is 3.84. The van der Waals surface area contributed by atoms with Gasteiger partial charge in [0.05, 0.1) is 0 Å². The van der Waals surface area contributed by atoms with E-state index in [0.29, 0.717) is 0 Å². The molecule has 0 saturated carbocycles. The first-order valence-corrected chi connectivity index (χ1v) is 8.83. The zero-order valence-corrected chi connectivity index (χ0v) is 9.62. The fourth-order valence-electron chi connectivity index (χ4n) is 0.910. The van der Waals surface area contributed by atoms with Crippen LogP contribution in [-0.4, -0.2) is 6.66 Å². The lowest BCUT2D eigenvalue weighted by molar-refractivity contribution is 1.41. The molecule has 1 aromatic carbocycles. The maximum Gasteiger partial charge on any atom is 0.0184 e. The summed E-state index contributed by atoms with van der Waals surface area (Å²) in [6, 6.07) is 10.4. The van der Waals surface area contributed by atoms with Gasteiger partial charge in [0, 0.05) is 10.9 Å². The van der Waals surface area contributed by atoms with Gasteiger partial charge in [0.1, 0.15) is 0 Å². The lowest BCUT2D eigenvalue weighted by Gasteiger charge is -2.06. The molecule has 0 radical (unpaired) electrons. The van der Waals surface area contributed by atoms with Crippen LogP contribution in [0, 0.1) is 0 Å². The maximum atomic E-state index is 5.29. The Morgan fingerprint density at radius 1 is 1.36 bits per heavy atom. The SMILES string of the molecule is CP(=S)(Br)Cc1ccccc1. The van der Waals surface area contributed by atoms with E-state index in [1.54, 1.807) is 0 Å². The van der Waals surface area contributed by atoms with Crippen molar-refractivity contribution in [2.75, 3.05) is 6.66 Å². The van der Waals surface area contributed by atoms with Crippen LogP contribution in [-0.2, 0) is 18.0 Å². The fraction of sp³-hybridized carbons (Fsp3) is 0.250. The quantitative estimate of drug-likeness (QED) is 0.721. The summed E-state index contributed by atoms with van der Waals surface area (Å²) in [6.45, 7) is 2.11. The molecule has 1 unspecified atom stereocenters. The molecule has 0 amide bonds. The van der Waals surface area contributed by atoms with Crippen LogP contribution in [0.3, 0.4) is 0 Å². The van der Waals surface area contributed by atoms with Crippen LogP contribution in [0.15, 0.2) is 30.3 Å². The summed E-state index contributed by atoms with van der Waals surface area (Å²) in [6.07, 6.45) is 1.00. The molecule has 0 bridgehead atoms. The molecule has 0 fully saturated rings. The molecule has 11 heavy (non-hydrogen) atoms. The van der Waals surface area contributed by atoms with Crippen LogP contribution >= 0.6 is 20.2 Å². The molecule has 1 aromatic rings. The second-order valence-electron chi connectivity index (χ2n) is 2.63. The van der Waals surface area contributed by atoms with Crippen LogP contribution < -0.4 is 0 Å². The number of rotatable bonds is 2. The molecule has 0 heterocycles. The highest BCUT2D eigenvalue weighted by Crippen LogP contribution is 2.53. The van der Waals surface area contributed by atoms with Crippen molar-refractivity contribution < 1.29 is 0 Å². The molecule has 0 spiro atoms. The lowest BCUT2D eigenvalue weighted by Crippen LogP contribution is -1.79. The summed E-state index contributed by atoms with van der Waals surface area (Å²) in [5, 5.41) is 0. The molecule has 0 aliphatic carbocycles. The number of halogens is 1. The third kappa shape index (κ3) is 4.05. The zero-order chi connectivity index (χ0) is 8.32. The van der Waals surface area contributed by atoms with Crippen molar-refractivity contribution in [1.82, 2.24) is 0 Å². The lowest BCUT2D eigenvalue weighted by atomic mass is 10.2. The first kappa shape index (κ1) is 9.44. The molecular weight excluding hydrogens is 239 g/mol. The smallest absolute Gasteiger partial charge is 0.0184 e. The molecule has 0 aliphatic heterocycles. The average molecular weight is 249 g/mol. The van der Waals surface area contributed by atoms with Gasteiger partial charge in [-0.3, -0.25) is 0 Å². The topological polar surface area (TPSA) is 0 Å². The first-order valence-electron chi connectivity index (χ1n) is 3.38. The van der Waals surface area contributed by atoms with Gasteiger partial charge in [-0.25, -0.2) is 0 Å². The van der Waals surface area contributed by atoms with Crippen molar-refractivity contribution in [1.29, 1.82) is 0 Å². The third-order valence-electron chi connectivity index (χ3n) is 1.31. The molecule has 0 N–H and O–H groups in total. The van der Waals surface area contributed by atoms with Crippen LogP contribution in [0.1, 0.15) is 5.56 Å². The Morgan fingerprint density at radius 2 is 1.91 bits per heavy atom. The Bertz CT molecular complexity index is 265. The van der Waals surface area contributed by atoms with Crippen molar-refractivity contribution in [3.8, 4) is 0 Å². The van der Waals surface area contributed by atoms with Gasteiger partial charge in [-0.15, -0.1) is 0 Å². The van der Waals surface area contributed by atoms with E-state index in [4.69, 9.17) is 11.8 Å². The molecule has 0 aliphatic rings. The number of benzene rings is 1. The Hall–Kier alpha value is 0.350. The van der Waals surface area contributed by atoms with E-state index in [9.17, 15) is 0 Å². The van der Waals surface area contributed by atoms with Gasteiger partial charge in [-0.1, -0.05) is 42.1 Å². The van der Waals surface area contributed by atoms with Gasteiger partial charge in [0.15, 0.2) is 0 Å². The van der Waals surface area contributed by atoms with E-state index >= 15 is 0 Å². The van der Waals surface area contributed by atoms with E-state index in [1.807, 2.05) is 18.2 Å². The molecule has 60 valence electrons. The summed E-state index contributed by atoms with van der Waals surface area (Å²) < 4.78 is -1.24. The maximum absolute atomic E-state index is 5.29. The number of hydrogen-bond donors (Lipinski definition) is 0. The van der Waals surface area contributed by atoms with Crippen molar-refractivity contribution in [3.05, 3.63) is 35.9 Å². The Labute approximate surface area is 80.8 Å².